The fraction of sp³-hybridized carbons (Fsp3) is 0.556. The molecule has 0 saturated carbocycles. The van der Waals surface area contributed by atoms with Gasteiger partial charge in [0, 0.05) is 5.75 Å². The Kier molecular flexibility index (Phi) is 6.34. The average Bonchev–Trinajstić information content (AvgIpc) is 3.02. The molecule has 1 heterocycles. The zero-order valence-corrected chi connectivity index (χ0v) is 16.4. The Morgan fingerprint density at radius 3 is 2.56 bits per heavy atom. The molecule has 0 unspecified atom stereocenters. The number of thioether (sulfide) groups is 1. The van der Waals surface area contributed by atoms with Gasteiger partial charge in [0.1, 0.15) is 11.6 Å². The van der Waals surface area contributed by atoms with E-state index in [4.69, 9.17) is 4.74 Å². The Morgan fingerprint density at radius 1 is 1.30 bits per heavy atom. The number of amides is 2. The summed E-state index contributed by atoms with van der Waals surface area (Å²) >= 11 is 1.42. The average molecular weight is 404 g/mol. The van der Waals surface area contributed by atoms with Gasteiger partial charge in [0.05, 0.1) is 17.5 Å². The Balaban J connectivity index is 2.06. The Labute approximate surface area is 160 Å². The van der Waals surface area contributed by atoms with Gasteiger partial charge in [0.25, 0.3) is 0 Å². The van der Waals surface area contributed by atoms with E-state index in [1.807, 2.05) is 0 Å². The van der Waals surface area contributed by atoms with Crippen molar-refractivity contribution in [2.75, 3.05) is 11.6 Å². The van der Waals surface area contributed by atoms with Gasteiger partial charge < -0.3 is 10.1 Å². The molecule has 1 fully saturated rings. The number of hydrogen-bond donors (Lipinski definition) is 1. The van der Waals surface area contributed by atoms with Crippen molar-refractivity contribution < 1.29 is 27.5 Å². The van der Waals surface area contributed by atoms with Crippen molar-refractivity contribution in [3.63, 3.8) is 0 Å². The summed E-state index contributed by atoms with van der Waals surface area (Å²) in [5, 5.41) is 2.70. The summed E-state index contributed by atoms with van der Waals surface area (Å²) in [4.78, 5) is 26.2. The van der Waals surface area contributed by atoms with Crippen molar-refractivity contribution in [1.29, 1.82) is 0 Å². The molecule has 2 amide bonds. The van der Waals surface area contributed by atoms with Gasteiger partial charge in [-0.3, -0.25) is 9.69 Å². The number of nitrogens with zero attached hydrogens (tertiary/aromatic N) is 1. The monoisotopic (exact) mass is 404 g/mol. The zero-order valence-electron chi connectivity index (χ0n) is 15.6. The third kappa shape index (κ3) is 5.79. The van der Waals surface area contributed by atoms with Crippen LogP contribution in [0.3, 0.4) is 0 Å². The number of carbonyl (C=O) groups is 2. The van der Waals surface area contributed by atoms with Crippen LogP contribution in [-0.4, -0.2) is 40.2 Å². The molecule has 0 bridgehead atoms. The minimum atomic E-state index is -4.45. The van der Waals surface area contributed by atoms with Crippen LogP contribution < -0.4 is 5.32 Å². The van der Waals surface area contributed by atoms with E-state index >= 15 is 0 Å². The number of rotatable bonds is 3. The molecule has 1 aromatic rings. The Hall–Kier alpha value is -1.90. The molecule has 2 rings (SSSR count). The van der Waals surface area contributed by atoms with Crippen LogP contribution >= 0.6 is 11.8 Å². The van der Waals surface area contributed by atoms with Gasteiger partial charge in [0.15, 0.2) is 0 Å². The first-order chi connectivity index (χ1) is 12.4. The van der Waals surface area contributed by atoms with E-state index in [0.717, 1.165) is 12.1 Å². The number of halogens is 3. The van der Waals surface area contributed by atoms with Crippen molar-refractivity contribution >= 4 is 23.8 Å². The second-order valence-electron chi connectivity index (χ2n) is 7.32. The third-order valence-corrected chi connectivity index (χ3v) is 4.90. The summed E-state index contributed by atoms with van der Waals surface area (Å²) in [6, 6.07) is 3.47. The SMILES string of the molecule is C[C@@H](NC(=O)[C@@H]1CSCN1C(=O)OC(C)(C)C)c1cccc(C(F)(F)F)c1. The van der Waals surface area contributed by atoms with Gasteiger partial charge in [-0.1, -0.05) is 12.1 Å². The quantitative estimate of drug-likeness (QED) is 0.821. The fourth-order valence-corrected chi connectivity index (χ4v) is 3.68. The molecule has 0 aromatic heterocycles. The van der Waals surface area contributed by atoms with Crippen LogP contribution in [0.15, 0.2) is 24.3 Å². The predicted octanol–water partition coefficient (Wildman–Crippen LogP) is 4.19. The van der Waals surface area contributed by atoms with E-state index in [9.17, 15) is 22.8 Å². The highest BCUT2D eigenvalue weighted by molar-refractivity contribution is 7.99. The molecule has 0 radical (unpaired) electrons. The van der Waals surface area contributed by atoms with Crippen molar-refractivity contribution in [2.24, 2.45) is 0 Å². The highest BCUT2D eigenvalue weighted by atomic mass is 32.2. The minimum absolute atomic E-state index is 0.324. The van der Waals surface area contributed by atoms with Crippen LogP contribution in [0.1, 0.15) is 44.9 Å². The lowest BCUT2D eigenvalue weighted by atomic mass is 10.0. The molecule has 9 heteroatoms. The highest BCUT2D eigenvalue weighted by Crippen LogP contribution is 2.31. The maximum absolute atomic E-state index is 12.9. The van der Waals surface area contributed by atoms with Gasteiger partial charge in [-0.05, 0) is 45.4 Å². The molecular formula is C18H23F3N2O3S. The fourth-order valence-electron chi connectivity index (χ4n) is 2.54. The van der Waals surface area contributed by atoms with E-state index in [1.54, 1.807) is 27.7 Å². The van der Waals surface area contributed by atoms with Crippen LogP contribution in [0.5, 0.6) is 0 Å². The summed E-state index contributed by atoms with van der Waals surface area (Å²) in [5.41, 5.74) is -1.11. The van der Waals surface area contributed by atoms with E-state index in [2.05, 4.69) is 5.32 Å². The predicted molar refractivity (Wildman–Crippen MR) is 97.2 cm³/mol. The summed E-state index contributed by atoms with van der Waals surface area (Å²) in [6.45, 7) is 6.81. The van der Waals surface area contributed by atoms with Crippen LogP contribution in [0.4, 0.5) is 18.0 Å². The maximum Gasteiger partial charge on any atom is 0.416 e. The van der Waals surface area contributed by atoms with E-state index in [1.165, 1.54) is 28.8 Å². The molecule has 0 spiro atoms. The van der Waals surface area contributed by atoms with Gasteiger partial charge in [-0.25, -0.2) is 4.79 Å². The lowest BCUT2D eigenvalue weighted by Gasteiger charge is -2.28. The highest BCUT2D eigenvalue weighted by Gasteiger charge is 2.37. The summed E-state index contributed by atoms with van der Waals surface area (Å²) < 4.78 is 43.9. The molecule has 150 valence electrons. The minimum Gasteiger partial charge on any atom is -0.444 e. The van der Waals surface area contributed by atoms with E-state index < -0.39 is 41.4 Å². The number of hydrogen-bond acceptors (Lipinski definition) is 4. The maximum atomic E-state index is 12.9. The molecule has 27 heavy (non-hydrogen) atoms. The largest absolute Gasteiger partial charge is 0.444 e. The van der Waals surface area contributed by atoms with Gasteiger partial charge >= 0.3 is 12.3 Å². The zero-order chi connectivity index (χ0) is 20.4. The van der Waals surface area contributed by atoms with Crippen LogP contribution in [0.25, 0.3) is 0 Å². The van der Waals surface area contributed by atoms with E-state index in [0.29, 0.717) is 17.2 Å². The number of alkyl halides is 3. The molecule has 1 aliphatic rings. The lowest BCUT2D eigenvalue weighted by molar-refractivity contribution is -0.137. The molecular weight excluding hydrogens is 381 g/mol. The van der Waals surface area contributed by atoms with Gasteiger partial charge in [0.2, 0.25) is 5.91 Å². The van der Waals surface area contributed by atoms with Crippen molar-refractivity contribution in [3.05, 3.63) is 35.4 Å². The summed E-state index contributed by atoms with van der Waals surface area (Å²) in [6.07, 6.45) is -5.03. The summed E-state index contributed by atoms with van der Waals surface area (Å²) in [7, 11) is 0. The summed E-state index contributed by atoms with van der Waals surface area (Å²) in [5.74, 6) is 0.307. The first-order valence-electron chi connectivity index (χ1n) is 8.43. The third-order valence-electron chi connectivity index (χ3n) is 3.89. The van der Waals surface area contributed by atoms with Gasteiger partial charge in [-0.15, -0.1) is 11.8 Å². The second-order valence-corrected chi connectivity index (χ2v) is 8.32. The number of carbonyl (C=O) groups excluding carboxylic acids is 2. The topological polar surface area (TPSA) is 58.6 Å². The first-order valence-corrected chi connectivity index (χ1v) is 9.59. The Morgan fingerprint density at radius 2 is 1.96 bits per heavy atom. The molecule has 1 N–H and O–H groups in total. The number of benzene rings is 1. The number of nitrogens with one attached hydrogen (secondary N) is 1. The Bertz CT molecular complexity index is 704. The molecule has 5 nitrogen and oxygen atoms in total. The first kappa shape index (κ1) is 21.4. The second kappa shape index (κ2) is 8.00. The van der Waals surface area contributed by atoms with Gasteiger partial charge in [-0.2, -0.15) is 13.2 Å². The van der Waals surface area contributed by atoms with Crippen LogP contribution in [0.2, 0.25) is 0 Å². The normalized spacial score (nSPS) is 18.9. The smallest absolute Gasteiger partial charge is 0.416 e. The van der Waals surface area contributed by atoms with Crippen molar-refractivity contribution in [2.45, 2.75) is 51.6 Å². The van der Waals surface area contributed by atoms with Crippen molar-refractivity contribution in [3.8, 4) is 0 Å². The van der Waals surface area contributed by atoms with Crippen LogP contribution in [0, 0.1) is 0 Å². The van der Waals surface area contributed by atoms with E-state index in [-0.39, 0.29) is 0 Å². The van der Waals surface area contributed by atoms with Crippen molar-refractivity contribution in [1.82, 2.24) is 10.2 Å². The molecule has 1 aromatic carbocycles. The number of ether oxygens (including phenoxy) is 1. The molecule has 1 aliphatic heterocycles. The van der Waals surface area contributed by atoms with Crippen LogP contribution in [-0.2, 0) is 15.7 Å². The molecule has 0 aliphatic carbocycles. The standard InChI is InChI=1S/C18H23F3N2O3S/c1-11(12-6-5-7-13(8-12)18(19,20)21)22-15(24)14-9-27-10-23(14)16(25)26-17(2,3)4/h5-8,11,14H,9-10H2,1-4H3,(H,22,24)/t11-,14+/m1/s1. The lowest BCUT2D eigenvalue weighted by Crippen LogP contribution is -2.49. The molecule has 2 atom stereocenters. The molecule has 1 saturated heterocycles.